The number of aryl methyl sites for hydroxylation is 1. The smallest absolute Gasteiger partial charge is 0.223 e. The molecule has 5 nitrogen and oxygen atoms in total. The van der Waals surface area contributed by atoms with E-state index in [1.165, 1.54) is 4.88 Å². The molecule has 0 amide bonds. The Morgan fingerprint density at radius 1 is 1.50 bits per heavy atom. The third-order valence-electron chi connectivity index (χ3n) is 3.96. The number of ether oxygens (including phenoxy) is 1. The Kier molecular flexibility index (Phi) is 3.52. The first-order valence-electron chi connectivity index (χ1n) is 7.00. The molecule has 1 aliphatic rings. The molecule has 2 aromatic rings. The Labute approximate surface area is 122 Å². The van der Waals surface area contributed by atoms with Crippen LogP contribution in [0.25, 0.3) is 10.2 Å². The van der Waals surface area contributed by atoms with E-state index in [2.05, 4.69) is 41.8 Å². The first kappa shape index (κ1) is 13.6. The summed E-state index contributed by atoms with van der Waals surface area (Å²) in [5.41, 5.74) is 5.87. The quantitative estimate of drug-likeness (QED) is 0.941. The van der Waals surface area contributed by atoms with Crippen molar-refractivity contribution in [3.63, 3.8) is 0 Å². The Balaban J connectivity index is 2.07. The molecule has 0 radical (unpaired) electrons. The molecule has 20 heavy (non-hydrogen) atoms. The lowest BCUT2D eigenvalue weighted by molar-refractivity contribution is 0.118. The highest BCUT2D eigenvalue weighted by atomic mass is 32.1. The van der Waals surface area contributed by atoms with Crippen molar-refractivity contribution in [3.8, 4) is 0 Å². The number of likely N-dealkylation sites (N-methyl/N-ethyl adjacent to an activating group) is 1. The third kappa shape index (κ3) is 2.23. The number of nitrogens with two attached hydrogens (primary N) is 1. The summed E-state index contributed by atoms with van der Waals surface area (Å²) in [7, 11) is 2.07. The molecule has 1 aliphatic heterocycles. The van der Waals surface area contributed by atoms with E-state index in [9.17, 15) is 0 Å². The van der Waals surface area contributed by atoms with E-state index in [1.54, 1.807) is 11.3 Å². The van der Waals surface area contributed by atoms with Crippen molar-refractivity contribution in [2.45, 2.75) is 38.8 Å². The average molecular weight is 292 g/mol. The van der Waals surface area contributed by atoms with Crippen LogP contribution in [-0.2, 0) is 11.2 Å². The van der Waals surface area contributed by atoms with Crippen molar-refractivity contribution >= 4 is 33.3 Å². The summed E-state index contributed by atoms with van der Waals surface area (Å²) in [5.74, 6) is 1.27. The van der Waals surface area contributed by atoms with Gasteiger partial charge in [-0.25, -0.2) is 4.98 Å². The maximum Gasteiger partial charge on any atom is 0.223 e. The molecular weight excluding hydrogens is 272 g/mol. The summed E-state index contributed by atoms with van der Waals surface area (Å²) in [4.78, 5) is 13.3. The molecule has 6 heteroatoms. The largest absolute Gasteiger partial charge is 0.376 e. The van der Waals surface area contributed by atoms with Crippen LogP contribution in [0, 0.1) is 0 Å². The summed E-state index contributed by atoms with van der Waals surface area (Å²) in [5, 5.41) is 1.10. The van der Waals surface area contributed by atoms with E-state index < -0.39 is 0 Å². The standard InChI is InChI=1S/C14H20N4OS/c1-4-9-7-10-12(16-14(15)17-13(10)20-9)18(3)11-5-6-19-8(11)2/h7-8,11H,4-6H2,1-3H3,(H2,15,16,17). The van der Waals surface area contributed by atoms with E-state index in [4.69, 9.17) is 10.5 Å². The zero-order valence-corrected chi connectivity index (χ0v) is 12.9. The molecule has 1 fully saturated rings. The zero-order valence-electron chi connectivity index (χ0n) is 12.1. The predicted molar refractivity (Wildman–Crippen MR) is 83.4 cm³/mol. The Morgan fingerprint density at radius 3 is 2.95 bits per heavy atom. The van der Waals surface area contributed by atoms with Gasteiger partial charge in [0.25, 0.3) is 0 Å². The fourth-order valence-electron chi connectivity index (χ4n) is 2.80. The van der Waals surface area contributed by atoms with E-state index >= 15 is 0 Å². The second-order valence-electron chi connectivity index (χ2n) is 5.23. The first-order valence-corrected chi connectivity index (χ1v) is 7.82. The highest BCUT2D eigenvalue weighted by molar-refractivity contribution is 7.18. The molecule has 0 aromatic carbocycles. The van der Waals surface area contributed by atoms with Crippen molar-refractivity contribution in [1.82, 2.24) is 9.97 Å². The van der Waals surface area contributed by atoms with E-state index in [0.717, 1.165) is 35.5 Å². The van der Waals surface area contributed by atoms with Crippen LogP contribution in [0.5, 0.6) is 0 Å². The van der Waals surface area contributed by atoms with Gasteiger partial charge in [0.15, 0.2) is 0 Å². The van der Waals surface area contributed by atoms with Crippen LogP contribution in [-0.4, -0.2) is 35.8 Å². The van der Waals surface area contributed by atoms with Crippen LogP contribution in [0.2, 0.25) is 0 Å². The average Bonchev–Trinajstić information content (AvgIpc) is 3.02. The lowest BCUT2D eigenvalue weighted by atomic mass is 10.1. The number of aromatic nitrogens is 2. The highest BCUT2D eigenvalue weighted by Crippen LogP contribution is 2.33. The van der Waals surface area contributed by atoms with Gasteiger partial charge in [0.2, 0.25) is 5.95 Å². The van der Waals surface area contributed by atoms with Crippen molar-refractivity contribution in [3.05, 3.63) is 10.9 Å². The van der Waals surface area contributed by atoms with Crippen molar-refractivity contribution in [2.24, 2.45) is 0 Å². The predicted octanol–water partition coefficient (Wildman–Crippen LogP) is 2.45. The summed E-state index contributed by atoms with van der Waals surface area (Å²) < 4.78 is 5.66. The molecule has 0 aliphatic carbocycles. The molecule has 3 rings (SSSR count). The Bertz CT molecular complexity index is 627. The normalized spacial score (nSPS) is 22.6. The van der Waals surface area contributed by atoms with Gasteiger partial charge >= 0.3 is 0 Å². The van der Waals surface area contributed by atoms with Crippen LogP contribution in [0.1, 0.15) is 25.1 Å². The van der Waals surface area contributed by atoms with Crippen LogP contribution in [0.3, 0.4) is 0 Å². The minimum Gasteiger partial charge on any atom is -0.376 e. The molecule has 3 heterocycles. The number of nitrogens with zero attached hydrogens (tertiary/aromatic N) is 3. The Hall–Kier alpha value is -1.40. The Morgan fingerprint density at radius 2 is 2.30 bits per heavy atom. The SMILES string of the molecule is CCc1cc2c(N(C)C3CCOC3C)nc(N)nc2s1. The van der Waals surface area contributed by atoms with Crippen molar-refractivity contribution in [2.75, 3.05) is 24.3 Å². The van der Waals surface area contributed by atoms with Gasteiger partial charge in [-0.05, 0) is 25.8 Å². The number of nitrogen functional groups attached to an aromatic ring is 1. The van der Waals surface area contributed by atoms with Crippen LogP contribution < -0.4 is 10.6 Å². The first-order chi connectivity index (χ1) is 9.60. The van der Waals surface area contributed by atoms with Gasteiger partial charge in [-0.1, -0.05) is 6.92 Å². The summed E-state index contributed by atoms with van der Waals surface area (Å²) >= 11 is 1.70. The minimum atomic E-state index is 0.218. The summed E-state index contributed by atoms with van der Waals surface area (Å²) in [6, 6.07) is 2.53. The van der Waals surface area contributed by atoms with Crippen LogP contribution in [0.15, 0.2) is 6.07 Å². The maximum absolute atomic E-state index is 5.87. The summed E-state index contributed by atoms with van der Waals surface area (Å²) in [6.07, 6.45) is 2.25. The lowest BCUT2D eigenvalue weighted by Crippen LogP contribution is -2.37. The second kappa shape index (κ2) is 5.18. The molecule has 108 valence electrons. The lowest BCUT2D eigenvalue weighted by Gasteiger charge is -2.28. The number of hydrogen-bond donors (Lipinski definition) is 1. The fraction of sp³-hybridized carbons (Fsp3) is 0.571. The molecule has 2 atom stereocenters. The van der Waals surface area contributed by atoms with Crippen molar-refractivity contribution < 1.29 is 4.74 Å². The number of anilines is 2. The third-order valence-corrected chi connectivity index (χ3v) is 5.13. The van der Waals surface area contributed by atoms with E-state index in [-0.39, 0.29) is 6.10 Å². The van der Waals surface area contributed by atoms with Gasteiger partial charge in [0.05, 0.1) is 17.5 Å². The number of rotatable bonds is 3. The number of thiophene rings is 1. The minimum absolute atomic E-state index is 0.218. The van der Waals surface area contributed by atoms with Gasteiger partial charge < -0.3 is 15.4 Å². The van der Waals surface area contributed by atoms with Crippen LogP contribution >= 0.6 is 11.3 Å². The number of hydrogen-bond acceptors (Lipinski definition) is 6. The molecule has 2 N–H and O–H groups in total. The van der Waals surface area contributed by atoms with Gasteiger partial charge in [-0.3, -0.25) is 0 Å². The monoisotopic (exact) mass is 292 g/mol. The van der Waals surface area contributed by atoms with Gasteiger partial charge in [-0.2, -0.15) is 4.98 Å². The zero-order chi connectivity index (χ0) is 14.3. The molecule has 0 spiro atoms. The molecular formula is C14H20N4OS. The molecule has 1 saturated heterocycles. The number of fused-ring (bicyclic) bond motifs is 1. The fourth-order valence-corrected chi connectivity index (χ4v) is 3.77. The van der Waals surface area contributed by atoms with E-state index in [0.29, 0.717) is 12.0 Å². The molecule has 2 aromatic heterocycles. The summed E-state index contributed by atoms with van der Waals surface area (Å²) in [6.45, 7) is 5.07. The van der Waals surface area contributed by atoms with Gasteiger partial charge in [0, 0.05) is 18.5 Å². The molecule has 0 saturated carbocycles. The molecule has 0 bridgehead atoms. The van der Waals surface area contributed by atoms with Crippen molar-refractivity contribution in [1.29, 1.82) is 0 Å². The van der Waals surface area contributed by atoms with Gasteiger partial charge in [0.1, 0.15) is 10.6 Å². The highest BCUT2D eigenvalue weighted by Gasteiger charge is 2.30. The maximum atomic E-state index is 5.87. The topological polar surface area (TPSA) is 64.3 Å². The van der Waals surface area contributed by atoms with Crippen LogP contribution in [0.4, 0.5) is 11.8 Å². The second-order valence-corrected chi connectivity index (χ2v) is 6.35. The van der Waals surface area contributed by atoms with Gasteiger partial charge in [-0.15, -0.1) is 11.3 Å². The van der Waals surface area contributed by atoms with E-state index in [1.807, 2.05) is 0 Å². The molecule has 2 unspecified atom stereocenters.